The van der Waals surface area contributed by atoms with Gasteiger partial charge in [-0.25, -0.2) is 0 Å². The molecule has 2 N–H and O–H groups in total. The van der Waals surface area contributed by atoms with Gasteiger partial charge in [0.15, 0.2) is 0 Å². The van der Waals surface area contributed by atoms with Crippen molar-refractivity contribution in [3.8, 4) is 0 Å². The Labute approximate surface area is 99.0 Å². The number of nitrogens with zero attached hydrogens (tertiary/aromatic N) is 2. The second kappa shape index (κ2) is 6.04. The molecule has 1 aromatic rings. The third-order valence-corrected chi connectivity index (χ3v) is 3.37. The fourth-order valence-electron chi connectivity index (χ4n) is 2.53. The topological polar surface area (TPSA) is 43.8 Å². The summed E-state index contributed by atoms with van der Waals surface area (Å²) in [6, 6.07) is 0. The Balaban J connectivity index is 2.90. The lowest BCUT2D eigenvalue weighted by Gasteiger charge is -2.16. The van der Waals surface area contributed by atoms with Crippen LogP contribution in [0.2, 0.25) is 0 Å². The average Bonchev–Trinajstić information content (AvgIpc) is 2.49. The van der Waals surface area contributed by atoms with Gasteiger partial charge in [-0.05, 0) is 51.1 Å². The lowest BCUT2D eigenvalue weighted by Crippen LogP contribution is -2.06. The number of hydrogen-bond acceptors (Lipinski definition) is 2. The van der Waals surface area contributed by atoms with Crippen molar-refractivity contribution in [1.82, 2.24) is 9.78 Å². The highest BCUT2D eigenvalue weighted by molar-refractivity contribution is 5.28. The molecule has 0 spiro atoms. The first kappa shape index (κ1) is 13.2. The number of hydrogen-bond donors (Lipinski definition) is 1. The maximum absolute atomic E-state index is 5.61. The molecular weight excluding hydrogens is 198 g/mol. The number of aryl methyl sites for hydroxylation is 2. The number of nitrogens with two attached hydrogens (primary N) is 1. The van der Waals surface area contributed by atoms with Crippen molar-refractivity contribution in [2.75, 3.05) is 6.54 Å². The molecule has 0 saturated heterocycles. The molecule has 1 heterocycles. The zero-order chi connectivity index (χ0) is 12.1. The van der Waals surface area contributed by atoms with Gasteiger partial charge in [0.2, 0.25) is 0 Å². The molecule has 1 unspecified atom stereocenters. The van der Waals surface area contributed by atoms with E-state index in [1.807, 2.05) is 11.7 Å². The van der Waals surface area contributed by atoms with E-state index in [0.29, 0.717) is 5.92 Å². The highest BCUT2D eigenvalue weighted by Crippen LogP contribution is 2.30. The zero-order valence-corrected chi connectivity index (χ0v) is 11.1. The Hall–Kier alpha value is -0.830. The van der Waals surface area contributed by atoms with E-state index in [1.165, 1.54) is 36.2 Å². The Bertz CT molecular complexity index is 328. The van der Waals surface area contributed by atoms with Gasteiger partial charge in [0, 0.05) is 12.7 Å². The lowest BCUT2D eigenvalue weighted by molar-refractivity contribution is 0.545. The predicted molar refractivity (Wildman–Crippen MR) is 68.6 cm³/mol. The highest BCUT2D eigenvalue weighted by Gasteiger charge is 2.18. The van der Waals surface area contributed by atoms with E-state index in [4.69, 9.17) is 5.73 Å². The lowest BCUT2D eigenvalue weighted by atomic mass is 9.89. The highest BCUT2D eigenvalue weighted by atomic mass is 15.3. The molecule has 1 rings (SSSR count). The smallest absolute Gasteiger partial charge is 0.0631 e. The third-order valence-electron chi connectivity index (χ3n) is 3.37. The van der Waals surface area contributed by atoms with E-state index in [9.17, 15) is 0 Å². The fourth-order valence-corrected chi connectivity index (χ4v) is 2.53. The second-order valence-electron chi connectivity index (χ2n) is 4.62. The molecule has 0 amide bonds. The fraction of sp³-hybridized carbons (Fsp3) is 0.769. The van der Waals surface area contributed by atoms with Crippen LogP contribution in [0.3, 0.4) is 0 Å². The Kier molecular flexibility index (Phi) is 5.00. The van der Waals surface area contributed by atoms with Crippen molar-refractivity contribution in [2.24, 2.45) is 12.8 Å². The van der Waals surface area contributed by atoms with Crippen molar-refractivity contribution in [2.45, 2.75) is 52.4 Å². The van der Waals surface area contributed by atoms with Crippen LogP contribution in [0.15, 0.2) is 0 Å². The quantitative estimate of drug-likeness (QED) is 0.805. The maximum atomic E-state index is 5.61. The van der Waals surface area contributed by atoms with E-state index in [0.717, 1.165) is 13.0 Å². The van der Waals surface area contributed by atoms with Crippen LogP contribution in [0.4, 0.5) is 0 Å². The van der Waals surface area contributed by atoms with Crippen LogP contribution in [-0.2, 0) is 7.05 Å². The van der Waals surface area contributed by atoms with E-state index in [1.54, 1.807) is 0 Å². The molecule has 1 aromatic heterocycles. The van der Waals surface area contributed by atoms with Crippen LogP contribution in [0.25, 0.3) is 0 Å². The van der Waals surface area contributed by atoms with E-state index < -0.39 is 0 Å². The first-order chi connectivity index (χ1) is 7.61. The zero-order valence-electron chi connectivity index (χ0n) is 11.1. The van der Waals surface area contributed by atoms with Crippen LogP contribution in [0, 0.1) is 13.8 Å². The first-order valence-corrected chi connectivity index (χ1v) is 6.31. The van der Waals surface area contributed by atoms with Crippen molar-refractivity contribution < 1.29 is 0 Å². The van der Waals surface area contributed by atoms with Crippen molar-refractivity contribution in [3.63, 3.8) is 0 Å². The summed E-state index contributed by atoms with van der Waals surface area (Å²) in [7, 11) is 2.03. The van der Waals surface area contributed by atoms with Crippen LogP contribution >= 0.6 is 0 Å². The third kappa shape index (κ3) is 2.85. The second-order valence-corrected chi connectivity index (χ2v) is 4.62. The predicted octanol–water partition coefficient (Wildman–Crippen LogP) is 2.66. The summed E-state index contributed by atoms with van der Waals surface area (Å²) < 4.78 is 2.00. The van der Waals surface area contributed by atoms with Crippen LogP contribution in [-0.4, -0.2) is 16.3 Å². The molecule has 1 atom stereocenters. The van der Waals surface area contributed by atoms with Crippen molar-refractivity contribution in [3.05, 3.63) is 17.0 Å². The van der Waals surface area contributed by atoms with E-state index in [-0.39, 0.29) is 0 Å². The van der Waals surface area contributed by atoms with Crippen molar-refractivity contribution in [1.29, 1.82) is 0 Å². The molecule has 0 aliphatic carbocycles. The average molecular weight is 223 g/mol. The Morgan fingerprint density at radius 3 is 2.44 bits per heavy atom. The molecule has 0 fully saturated rings. The van der Waals surface area contributed by atoms with E-state index >= 15 is 0 Å². The van der Waals surface area contributed by atoms with Gasteiger partial charge in [-0.2, -0.15) is 5.10 Å². The molecular formula is C13H25N3. The molecule has 0 aliphatic heterocycles. The van der Waals surface area contributed by atoms with Gasteiger partial charge in [0.1, 0.15) is 0 Å². The largest absolute Gasteiger partial charge is 0.330 e. The van der Waals surface area contributed by atoms with Crippen LogP contribution in [0.5, 0.6) is 0 Å². The summed E-state index contributed by atoms with van der Waals surface area (Å²) in [6.07, 6.45) is 4.77. The van der Waals surface area contributed by atoms with Crippen LogP contribution in [0.1, 0.15) is 55.5 Å². The molecule has 0 aromatic carbocycles. The monoisotopic (exact) mass is 223 g/mol. The van der Waals surface area contributed by atoms with Gasteiger partial charge in [-0.15, -0.1) is 0 Å². The summed E-state index contributed by atoms with van der Waals surface area (Å²) in [6.45, 7) is 7.32. The van der Waals surface area contributed by atoms with Gasteiger partial charge in [-0.3, -0.25) is 4.68 Å². The molecule has 0 saturated carbocycles. The molecule has 0 radical (unpaired) electrons. The summed E-state index contributed by atoms with van der Waals surface area (Å²) in [5, 5.41) is 4.51. The van der Waals surface area contributed by atoms with Gasteiger partial charge in [0.05, 0.1) is 5.69 Å². The van der Waals surface area contributed by atoms with Gasteiger partial charge in [-0.1, -0.05) is 13.3 Å². The minimum absolute atomic E-state index is 0.641. The molecule has 0 aliphatic rings. The first-order valence-electron chi connectivity index (χ1n) is 6.31. The molecule has 3 heteroatoms. The summed E-state index contributed by atoms with van der Waals surface area (Å²) in [4.78, 5) is 0. The molecule has 3 nitrogen and oxygen atoms in total. The molecule has 16 heavy (non-hydrogen) atoms. The number of rotatable bonds is 6. The Morgan fingerprint density at radius 2 is 2.00 bits per heavy atom. The summed E-state index contributed by atoms with van der Waals surface area (Å²) in [5.41, 5.74) is 9.57. The van der Waals surface area contributed by atoms with Crippen LogP contribution < -0.4 is 5.73 Å². The summed E-state index contributed by atoms with van der Waals surface area (Å²) >= 11 is 0. The molecule has 92 valence electrons. The normalized spacial score (nSPS) is 13.1. The van der Waals surface area contributed by atoms with Gasteiger partial charge in [0.25, 0.3) is 0 Å². The van der Waals surface area contributed by atoms with Crippen molar-refractivity contribution >= 4 is 0 Å². The minimum atomic E-state index is 0.641. The Morgan fingerprint density at radius 1 is 1.31 bits per heavy atom. The maximum Gasteiger partial charge on any atom is 0.0631 e. The SMILES string of the molecule is CCCC(CCCN)c1c(C)nn(C)c1C. The molecule has 0 bridgehead atoms. The number of aromatic nitrogens is 2. The summed E-state index contributed by atoms with van der Waals surface area (Å²) in [5.74, 6) is 0.641. The standard InChI is InChI=1S/C13H25N3/c1-5-7-12(8-6-9-14)13-10(2)15-16(4)11(13)3/h12H,5-9,14H2,1-4H3. The van der Waals surface area contributed by atoms with Gasteiger partial charge < -0.3 is 5.73 Å². The minimum Gasteiger partial charge on any atom is -0.330 e. The van der Waals surface area contributed by atoms with Gasteiger partial charge >= 0.3 is 0 Å². The van der Waals surface area contributed by atoms with E-state index in [2.05, 4.69) is 25.9 Å².